The third-order valence-electron chi connectivity index (χ3n) is 3.49. The van der Waals surface area contributed by atoms with Crippen molar-refractivity contribution in [1.29, 1.82) is 5.26 Å². The summed E-state index contributed by atoms with van der Waals surface area (Å²) in [6, 6.07) is 16.7. The van der Waals surface area contributed by atoms with Gasteiger partial charge in [0.1, 0.15) is 0 Å². The molecule has 0 heterocycles. The number of aryl methyl sites for hydroxylation is 2. The van der Waals surface area contributed by atoms with Gasteiger partial charge in [-0.1, -0.05) is 35.9 Å². The molecule has 0 saturated heterocycles. The largest absolute Gasteiger partial charge is 0.298 e. The molecule has 2 heteroatoms. The quantitative estimate of drug-likeness (QED) is 0.839. The van der Waals surface area contributed by atoms with Crippen LogP contribution in [0.4, 0.5) is 0 Å². The standard InChI is InChI=1S/C18H20N2/c1-14-4-6-16(7-5-14)12-20(3)13-18-9-8-17(11-19)10-15(18)2/h4-10H,12-13H2,1-3H3. The van der Waals surface area contributed by atoms with Crippen molar-refractivity contribution >= 4 is 0 Å². The van der Waals surface area contributed by atoms with E-state index in [1.807, 2.05) is 12.1 Å². The van der Waals surface area contributed by atoms with Crippen LogP contribution >= 0.6 is 0 Å². The van der Waals surface area contributed by atoms with Crippen molar-refractivity contribution in [1.82, 2.24) is 4.90 Å². The van der Waals surface area contributed by atoms with E-state index in [9.17, 15) is 0 Å². The number of hydrogen-bond donors (Lipinski definition) is 0. The van der Waals surface area contributed by atoms with Crippen LogP contribution in [0, 0.1) is 25.2 Å². The third kappa shape index (κ3) is 3.69. The molecule has 2 nitrogen and oxygen atoms in total. The summed E-state index contributed by atoms with van der Waals surface area (Å²) in [6.45, 7) is 5.99. The predicted molar refractivity (Wildman–Crippen MR) is 82.2 cm³/mol. The molecule has 102 valence electrons. The van der Waals surface area contributed by atoms with E-state index >= 15 is 0 Å². The van der Waals surface area contributed by atoms with E-state index in [0.717, 1.165) is 18.7 Å². The van der Waals surface area contributed by atoms with Gasteiger partial charge < -0.3 is 0 Å². The Morgan fingerprint density at radius 2 is 1.70 bits per heavy atom. The van der Waals surface area contributed by atoms with Crippen molar-refractivity contribution in [3.8, 4) is 6.07 Å². The Labute approximate surface area is 121 Å². The molecule has 0 saturated carbocycles. The Kier molecular flexibility index (Phi) is 4.55. The Balaban J connectivity index is 2.03. The molecule has 0 amide bonds. The van der Waals surface area contributed by atoms with Gasteiger partial charge >= 0.3 is 0 Å². The molecule has 2 aromatic carbocycles. The van der Waals surface area contributed by atoms with E-state index in [-0.39, 0.29) is 0 Å². The molecule has 0 radical (unpaired) electrons. The van der Waals surface area contributed by atoms with E-state index in [1.54, 1.807) is 0 Å². The van der Waals surface area contributed by atoms with Crippen LogP contribution in [0.5, 0.6) is 0 Å². The fraction of sp³-hybridized carbons (Fsp3) is 0.278. The fourth-order valence-electron chi connectivity index (χ4n) is 2.29. The number of nitriles is 1. The average Bonchev–Trinajstić information content (AvgIpc) is 2.43. The van der Waals surface area contributed by atoms with Crippen LogP contribution in [0.1, 0.15) is 27.8 Å². The molecule has 0 aliphatic carbocycles. The topological polar surface area (TPSA) is 27.0 Å². The summed E-state index contributed by atoms with van der Waals surface area (Å²) in [5.74, 6) is 0. The highest BCUT2D eigenvalue weighted by Gasteiger charge is 2.05. The number of rotatable bonds is 4. The first-order chi connectivity index (χ1) is 9.58. The van der Waals surface area contributed by atoms with Crippen molar-refractivity contribution < 1.29 is 0 Å². The highest BCUT2D eigenvalue weighted by molar-refractivity contribution is 5.37. The first-order valence-corrected chi connectivity index (χ1v) is 6.82. The van der Waals surface area contributed by atoms with Gasteiger partial charge in [0.25, 0.3) is 0 Å². The summed E-state index contributed by atoms with van der Waals surface area (Å²) in [5, 5.41) is 8.89. The van der Waals surface area contributed by atoms with Crippen LogP contribution in [-0.2, 0) is 13.1 Å². The van der Waals surface area contributed by atoms with Crippen molar-refractivity contribution in [2.75, 3.05) is 7.05 Å². The zero-order valence-corrected chi connectivity index (χ0v) is 12.4. The van der Waals surface area contributed by atoms with Gasteiger partial charge in [0, 0.05) is 13.1 Å². The van der Waals surface area contributed by atoms with Gasteiger partial charge in [-0.3, -0.25) is 4.90 Å². The summed E-state index contributed by atoms with van der Waals surface area (Å²) >= 11 is 0. The third-order valence-corrected chi connectivity index (χ3v) is 3.49. The molecule has 0 atom stereocenters. The van der Waals surface area contributed by atoms with E-state index in [1.165, 1.54) is 22.3 Å². The van der Waals surface area contributed by atoms with Gasteiger partial charge in [0.15, 0.2) is 0 Å². The van der Waals surface area contributed by atoms with Gasteiger partial charge in [-0.25, -0.2) is 0 Å². The minimum atomic E-state index is 0.729. The predicted octanol–water partition coefficient (Wildman–Crippen LogP) is 3.81. The SMILES string of the molecule is Cc1ccc(CN(C)Cc2ccc(C#N)cc2C)cc1. The molecule has 0 spiro atoms. The Morgan fingerprint density at radius 3 is 2.30 bits per heavy atom. The maximum Gasteiger partial charge on any atom is 0.0991 e. The Bertz CT molecular complexity index is 621. The van der Waals surface area contributed by atoms with E-state index < -0.39 is 0 Å². The molecule has 0 N–H and O–H groups in total. The number of benzene rings is 2. The smallest absolute Gasteiger partial charge is 0.0991 e. The molecule has 0 aliphatic heterocycles. The van der Waals surface area contributed by atoms with Crippen molar-refractivity contribution in [2.45, 2.75) is 26.9 Å². The summed E-state index contributed by atoms with van der Waals surface area (Å²) in [7, 11) is 2.12. The van der Waals surface area contributed by atoms with Crippen LogP contribution in [-0.4, -0.2) is 11.9 Å². The highest BCUT2D eigenvalue weighted by atomic mass is 15.1. The first-order valence-electron chi connectivity index (χ1n) is 6.82. The Hall–Kier alpha value is -2.11. The molecular formula is C18H20N2. The van der Waals surface area contributed by atoms with Gasteiger partial charge in [-0.05, 0) is 49.7 Å². The zero-order valence-electron chi connectivity index (χ0n) is 12.4. The molecule has 2 aromatic rings. The van der Waals surface area contributed by atoms with E-state index in [4.69, 9.17) is 5.26 Å². The molecule has 0 bridgehead atoms. The first kappa shape index (κ1) is 14.3. The average molecular weight is 264 g/mol. The second-order valence-electron chi connectivity index (χ2n) is 5.41. The molecule has 0 fully saturated rings. The van der Waals surface area contributed by atoms with E-state index in [2.05, 4.69) is 62.2 Å². The van der Waals surface area contributed by atoms with Crippen LogP contribution in [0.2, 0.25) is 0 Å². The lowest BCUT2D eigenvalue weighted by Crippen LogP contribution is -2.17. The second-order valence-corrected chi connectivity index (χ2v) is 5.41. The maximum absolute atomic E-state index is 8.89. The molecule has 2 rings (SSSR count). The molecule has 20 heavy (non-hydrogen) atoms. The maximum atomic E-state index is 8.89. The molecule has 0 unspecified atom stereocenters. The van der Waals surface area contributed by atoms with Crippen molar-refractivity contribution in [3.63, 3.8) is 0 Å². The summed E-state index contributed by atoms with van der Waals surface area (Å²) in [4.78, 5) is 2.29. The summed E-state index contributed by atoms with van der Waals surface area (Å²) in [5.41, 5.74) is 5.80. The second kappa shape index (κ2) is 6.36. The normalized spacial score (nSPS) is 10.6. The summed E-state index contributed by atoms with van der Waals surface area (Å²) in [6.07, 6.45) is 0. The van der Waals surface area contributed by atoms with Gasteiger partial charge in [-0.15, -0.1) is 0 Å². The van der Waals surface area contributed by atoms with Gasteiger partial charge in [-0.2, -0.15) is 5.26 Å². The zero-order chi connectivity index (χ0) is 14.5. The fourth-order valence-corrected chi connectivity index (χ4v) is 2.29. The van der Waals surface area contributed by atoms with Crippen LogP contribution in [0.25, 0.3) is 0 Å². The molecular weight excluding hydrogens is 244 g/mol. The molecule has 0 aliphatic rings. The van der Waals surface area contributed by atoms with Crippen LogP contribution < -0.4 is 0 Å². The number of nitrogens with zero attached hydrogens (tertiary/aromatic N) is 2. The summed E-state index contributed by atoms with van der Waals surface area (Å²) < 4.78 is 0. The lowest BCUT2D eigenvalue weighted by molar-refractivity contribution is 0.318. The lowest BCUT2D eigenvalue weighted by Gasteiger charge is -2.18. The van der Waals surface area contributed by atoms with Crippen molar-refractivity contribution in [3.05, 3.63) is 70.3 Å². The van der Waals surface area contributed by atoms with Gasteiger partial charge in [0.2, 0.25) is 0 Å². The van der Waals surface area contributed by atoms with Crippen LogP contribution in [0.3, 0.4) is 0 Å². The Morgan fingerprint density at radius 1 is 1.00 bits per heavy atom. The minimum Gasteiger partial charge on any atom is -0.298 e. The lowest BCUT2D eigenvalue weighted by atomic mass is 10.0. The van der Waals surface area contributed by atoms with E-state index in [0.29, 0.717) is 0 Å². The highest BCUT2D eigenvalue weighted by Crippen LogP contribution is 2.14. The number of hydrogen-bond acceptors (Lipinski definition) is 2. The van der Waals surface area contributed by atoms with Gasteiger partial charge in [0.05, 0.1) is 11.6 Å². The monoisotopic (exact) mass is 264 g/mol. The molecule has 0 aromatic heterocycles. The van der Waals surface area contributed by atoms with Crippen molar-refractivity contribution in [2.24, 2.45) is 0 Å². The van der Waals surface area contributed by atoms with Crippen LogP contribution in [0.15, 0.2) is 42.5 Å². The minimum absolute atomic E-state index is 0.729.